The Morgan fingerprint density at radius 3 is 2.33 bits per heavy atom. The molecule has 3 rings (SSSR count). The van der Waals surface area contributed by atoms with Crippen LogP contribution in [0.15, 0.2) is 30.9 Å². The summed E-state index contributed by atoms with van der Waals surface area (Å²) in [6, 6.07) is 4.95. The van der Waals surface area contributed by atoms with E-state index in [0.717, 1.165) is 36.2 Å². The highest BCUT2D eigenvalue weighted by molar-refractivity contribution is 6.30. The Morgan fingerprint density at radius 1 is 1.04 bits per heavy atom. The van der Waals surface area contributed by atoms with Gasteiger partial charge in [0.2, 0.25) is 0 Å². The highest BCUT2D eigenvalue weighted by Crippen LogP contribution is 2.41. The van der Waals surface area contributed by atoms with Crippen LogP contribution in [0.2, 0.25) is 5.02 Å². The Hall–Kier alpha value is -0.860. The molecule has 0 saturated heterocycles. The molecule has 3 heteroatoms. The van der Waals surface area contributed by atoms with Crippen molar-refractivity contribution in [3.05, 3.63) is 47.3 Å². The van der Waals surface area contributed by atoms with Gasteiger partial charge in [-0.05, 0) is 86.8 Å². The fourth-order valence-electron chi connectivity index (χ4n) is 5.07. The molecule has 150 valence electrons. The zero-order chi connectivity index (χ0) is 19.1. The Morgan fingerprint density at radius 2 is 1.70 bits per heavy atom. The van der Waals surface area contributed by atoms with Crippen molar-refractivity contribution in [3.8, 4) is 0 Å². The van der Waals surface area contributed by atoms with E-state index in [1.807, 2.05) is 6.07 Å². The van der Waals surface area contributed by atoms with Crippen molar-refractivity contribution >= 4 is 11.6 Å². The average Bonchev–Trinajstić information content (AvgIpc) is 2.70. The van der Waals surface area contributed by atoms with Gasteiger partial charge in [-0.1, -0.05) is 43.0 Å². The monoisotopic (exact) mass is 392 g/mol. The predicted octanol–water partition coefficient (Wildman–Crippen LogP) is 7.72. The maximum absolute atomic E-state index is 13.5. The fourth-order valence-corrected chi connectivity index (χ4v) is 5.19. The van der Waals surface area contributed by atoms with Gasteiger partial charge in [-0.15, -0.1) is 6.58 Å². The van der Waals surface area contributed by atoms with Gasteiger partial charge >= 0.3 is 0 Å². The largest absolute Gasteiger partial charge is 0.374 e. The van der Waals surface area contributed by atoms with Gasteiger partial charge in [0.1, 0.15) is 5.82 Å². The minimum absolute atomic E-state index is 0.176. The van der Waals surface area contributed by atoms with Crippen LogP contribution in [0, 0.1) is 23.6 Å². The van der Waals surface area contributed by atoms with E-state index in [1.165, 1.54) is 63.9 Å². The van der Waals surface area contributed by atoms with E-state index < -0.39 is 0 Å². The second-order valence-electron chi connectivity index (χ2n) is 8.60. The van der Waals surface area contributed by atoms with E-state index in [9.17, 15) is 4.39 Å². The summed E-state index contributed by atoms with van der Waals surface area (Å²) in [5, 5.41) is 0.176. The summed E-state index contributed by atoms with van der Waals surface area (Å²) in [5.74, 6) is 2.43. The summed E-state index contributed by atoms with van der Waals surface area (Å²) >= 11 is 5.74. The molecular formula is C24H34ClFO. The summed E-state index contributed by atoms with van der Waals surface area (Å²) in [6.07, 6.45) is 16.9. The molecule has 0 radical (unpaired) electrons. The number of benzene rings is 1. The second-order valence-corrected chi connectivity index (χ2v) is 9.00. The predicted molar refractivity (Wildman–Crippen MR) is 111 cm³/mol. The van der Waals surface area contributed by atoms with E-state index >= 15 is 0 Å². The first-order chi connectivity index (χ1) is 13.2. The van der Waals surface area contributed by atoms with Gasteiger partial charge in [0.05, 0.1) is 17.7 Å². The van der Waals surface area contributed by atoms with Gasteiger partial charge in [0.25, 0.3) is 0 Å². The molecule has 0 atom stereocenters. The molecule has 0 bridgehead atoms. The number of hydrogen-bond donors (Lipinski definition) is 0. The van der Waals surface area contributed by atoms with Gasteiger partial charge in [-0.3, -0.25) is 0 Å². The molecule has 2 fully saturated rings. The maximum Gasteiger partial charge on any atom is 0.142 e. The lowest BCUT2D eigenvalue weighted by Crippen LogP contribution is -2.28. The van der Waals surface area contributed by atoms with E-state index in [0.29, 0.717) is 12.7 Å². The third-order valence-corrected chi connectivity index (χ3v) is 7.07. The van der Waals surface area contributed by atoms with Gasteiger partial charge in [-0.25, -0.2) is 4.39 Å². The van der Waals surface area contributed by atoms with Crippen molar-refractivity contribution in [2.45, 2.75) is 83.3 Å². The standard InChI is InChI=1S/C24H34ClFO/c1-2-3-4-5-18-6-9-20(10-7-18)21-11-13-22(14-12-21)27-17-19-8-15-23(25)24(26)16-19/h2,8,15-16,18,20-22H,1,3-7,9-14,17H2. The third-order valence-electron chi connectivity index (χ3n) is 6.77. The third kappa shape index (κ3) is 6.32. The summed E-state index contributed by atoms with van der Waals surface area (Å²) in [6.45, 7) is 4.31. The van der Waals surface area contributed by atoms with Crippen LogP contribution in [-0.2, 0) is 11.3 Å². The first-order valence-electron chi connectivity index (χ1n) is 10.8. The van der Waals surface area contributed by atoms with E-state index in [1.54, 1.807) is 6.07 Å². The topological polar surface area (TPSA) is 9.23 Å². The summed E-state index contributed by atoms with van der Waals surface area (Å²) in [7, 11) is 0. The minimum Gasteiger partial charge on any atom is -0.374 e. The first-order valence-corrected chi connectivity index (χ1v) is 11.2. The zero-order valence-electron chi connectivity index (χ0n) is 16.5. The molecule has 0 unspecified atom stereocenters. The Kier molecular flexibility index (Phi) is 8.21. The number of unbranched alkanes of at least 4 members (excludes halogenated alkanes) is 1. The molecule has 0 aliphatic heterocycles. The van der Waals surface area contributed by atoms with Gasteiger partial charge in [0.15, 0.2) is 0 Å². The molecule has 0 heterocycles. The van der Waals surface area contributed by atoms with Crippen molar-refractivity contribution < 1.29 is 9.13 Å². The zero-order valence-corrected chi connectivity index (χ0v) is 17.2. The summed E-state index contributed by atoms with van der Waals surface area (Å²) in [5.41, 5.74) is 0.869. The quantitative estimate of drug-likeness (QED) is 0.325. The molecule has 0 N–H and O–H groups in total. The van der Waals surface area contributed by atoms with E-state index in [4.69, 9.17) is 16.3 Å². The Balaban J connectivity index is 1.34. The molecule has 1 aromatic rings. The molecule has 1 nitrogen and oxygen atoms in total. The van der Waals surface area contributed by atoms with Crippen molar-refractivity contribution in [1.82, 2.24) is 0 Å². The highest BCUT2D eigenvalue weighted by Gasteiger charge is 2.31. The van der Waals surface area contributed by atoms with Crippen LogP contribution in [0.4, 0.5) is 4.39 Å². The van der Waals surface area contributed by atoms with E-state index in [2.05, 4.69) is 12.7 Å². The van der Waals surface area contributed by atoms with Gasteiger partial charge in [-0.2, -0.15) is 0 Å². The first kappa shape index (κ1) is 20.9. The molecule has 2 aliphatic carbocycles. The lowest BCUT2D eigenvalue weighted by atomic mass is 9.70. The molecular weight excluding hydrogens is 359 g/mol. The van der Waals surface area contributed by atoms with Crippen LogP contribution in [-0.4, -0.2) is 6.10 Å². The SMILES string of the molecule is C=CCCCC1CCC(C2CCC(OCc3ccc(Cl)c(F)c3)CC2)CC1. The lowest BCUT2D eigenvalue weighted by Gasteiger charge is -2.37. The Bertz CT molecular complexity index is 586. The van der Waals surface area contributed by atoms with Crippen LogP contribution in [0.5, 0.6) is 0 Å². The summed E-state index contributed by atoms with van der Waals surface area (Å²) in [4.78, 5) is 0. The molecule has 0 amide bonds. The molecule has 0 aromatic heterocycles. The van der Waals surface area contributed by atoms with E-state index in [-0.39, 0.29) is 10.8 Å². The number of hydrogen-bond acceptors (Lipinski definition) is 1. The van der Waals surface area contributed by atoms with Crippen molar-refractivity contribution in [1.29, 1.82) is 0 Å². The second kappa shape index (κ2) is 10.6. The van der Waals surface area contributed by atoms with Crippen LogP contribution >= 0.6 is 11.6 Å². The smallest absolute Gasteiger partial charge is 0.142 e. The Labute approximate surface area is 169 Å². The fraction of sp³-hybridized carbons (Fsp3) is 0.667. The van der Waals surface area contributed by atoms with Crippen LogP contribution in [0.1, 0.15) is 76.2 Å². The molecule has 2 saturated carbocycles. The normalized spacial score (nSPS) is 28.8. The number of allylic oxidation sites excluding steroid dienone is 1. The molecule has 27 heavy (non-hydrogen) atoms. The molecule has 2 aliphatic rings. The highest BCUT2D eigenvalue weighted by atomic mass is 35.5. The lowest BCUT2D eigenvalue weighted by molar-refractivity contribution is -0.00293. The number of halogens is 2. The minimum atomic E-state index is -0.360. The van der Waals surface area contributed by atoms with Crippen molar-refractivity contribution in [2.24, 2.45) is 17.8 Å². The number of ether oxygens (including phenoxy) is 1. The van der Waals surface area contributed by atoms with Crippen LogP contribution < -0.4 is 0 Å². The maximum atomic E-state index is 13.5. The summed E-state index contributed by atoms with van der Waals surface area (Å²) < 4.78 is 19.6. The van der Waals surface area contributed by atoms with Gasteiger partial charge in [0, 0.05) is 0 Å². The van der Waals surface area contributed by atoms with Gasteiger partial charge < -0.3 is 4.74 Å². The molecule has 0 spiro atoms. The average molecular weight is 393 g/mol. The van der Waals surface area contributed by atoms with Crippen LogP contribution in [0.25, 0.3) is 0 Å². The van der Waals surface area contributed by atoms with Crippen molar-refractivity contribution in [2.75, 3.05) is 0 Å². The van der Waals surface area contributed by atoms with Crippen LogP contribution in [0.3, 0.4) is 0 Å². The molecule has 1 aromatic carbocycles. The van der Waals surface area contributed by atoms with Crippen molar-refractivity contribution in [3.63, 3.8) is 0 Å². The number of rotatable bonds is 8.